The number of unbranched alkanes of at least 4 members (excludes halogenated alkanes) is 1. The highest BCUT2D eigenvalue weighted by molar-refractivity contribution is 5.57. The minimum Gasteiger partial charge on any atom is -0.383 e. The van der Waals surface area contributed by atoms with Crippen LogP contribution in [0.3, 0.4) is 0 Å². The zero-order valence-electron chi connectivity index (χ0n) is 8.62. The van der Waals surface area contributed by atoms with Crippen molar-refractivity contribution in [2.75, 3.05) is 5.73 Å². The van der Waals surface area contributed by atoms with E-state index in [1.54, 1.807) is 0 Å². The van der Waals surface area contributed by atoms with Gasteiger partial charge in [0.1, 0.15) is 18.0 Å². The number of anilines is 1. The largest absolute Gasteiger partial charge is 0.383 e. The first-order valence-electron chi connectivity index (χ1n) is 4.82. The van der Waals surface area contributed by atoms with E-state index in [4.69, 9.17) is 16.3 Å². The Kier molecular flexibility index (Phi) is 3.65. The molecular formula is C11H12N4. The topological polar surface area (TPSA) is 86.5 Å². The van der Waals surface area contributed by atoms with Crippen LogP contribution in [0.1, 0.15) is 36.5 Å². The Bertz CT molecular complexity index is 437. The summed E-state index contributed by atoms with van der Waals surface area (Å²) in [4.78, 5) is 3.82. The number of aromatic nitrogens is 1. The van der Waals surface area contributed by atoms with E-state index in [1.807, 2.05) is 12.1 Å². The van der Waals surface area contributed by atoms with Crippen molar-refractivity contribution in [3.05, 3.63) is 22.9 Å². The third kappa shape index (κ3) is 2.24. The van der Waals surface area contributed by atoms with Crippen molar-refractivity contribution in [2.24, 2.45) is 0 Å². The molecule has 0 aliphatic heterocycles. The van der Waals surface area contributed by atoms with Gasteiger partial charge in [0.15, 0.2) is 0 Å². The molecule has 0 bridgehead atoms. The molecule has 0 radical (unpaired) electrons. The molecule has 2 N–H and O–H groups in total. The summed E-state index contributed by atoms with van der Waals surface area (Å²) < 4.78 is 0. The molecule has 0 fully saturated rings. The summed E-state index contributed by atoms with van der Waals surface area (Å²) in [6.07, 6.45) is 4.08. The molecule has 0 amide bonds. The number of nitrogens with two attached hydrogens (primary N) is 1. The van der Waals surface area contributed by atoms with Crippen molar-refractivity contribution in [1.29, 1.82) is 10.5 Å². The van der Waals surface area contributed by atoms with E-state index >= 15 is 0 Å². The van der Waals surface area contributed by atoms with Gasteiger partial charge in [0.05, 0.1) is 11.1 Å². The van der Waals surface area contributed by atoms with Gasteiger partial charge in [0.25, 0.3) is 0 Å². The number of rotatable bonds is 3. The normalized spacial score (nSPS) is 9.27. The van der Waals surface area contributed by atoms with Crippen LogP contribution in [-0.4, -0.2) is 4.98 Å². The van der Waals surface area contributed by atoms with Crippen LogP contribution in [0.4, 0.5) is 5.82 Å². The number of nitrogen functional groups attached to an aromatic ring is 1. The van der Waals surface area contributed by atoms with E-state index in [9.17, 15) is 0 Å². The third-order valence-corrected chi connectivity index (χ3v) is 2.23. The standard InChI is InChI=1S/C11H12N4/c1-2-3-4-9-8(5-12)7-15-11(14)10(9)6-13/h7H,2-4H2,1H3,(H2,14,15). The summed E-state index contributed by atoms with van der Waals surface area (Å²) in [5.74, 6) is 0.211. The monoisotopic (exact) mass is 200 g/mol. The molecule has 0 unspecified atom stereocenters. The Labute approximate surface area is 89.0 Å². The van der Waals surface area contributed by atoms with E-state index < -0.39 is 0 Å². The van der Waals surface area contributed by atoms with Gasteiger partial charge in [-0.25, -0.2) is 4.98 Å². The van der Waals surface area contributed by atoms with Crippen molar-refractivity contribution in [1.82, 2.24) is 4.98 Å². The predicted octanol–water partition coefficient (Wildman–Crippen LogP) is 1.75. The Hall–Kier alpha value is -2.07. The molecule has 0 aromatic carbocycles. The quantitative estimate of drug-likeness (QED) is 0.805. The summed E-state index contributed by atoms with van der Waals surface area (Å²) in [5, 5.41) is 17.8. The van der Waals surface area contributed by atoms with Gasteiger partial charge in [-0.05, 0) is 18.4 Å². The molecule has 0 saturated heterocycles. The minimum absolute atomic E-state index is 0.211. The lowest BCUT2D eigenvalue weighted by molar-refractivity contribution is 0.791. The highest BCUT2D eigenvalue weighted by atomic mass is 14.8. The Morgan fingerprint density at radius 2 is 2.13 bits per heavy atom. The van der Waals surface area contributed by atoms with Gasteiger partial charge in [0.2, 0.25) is 0 Å². The summed E-state index contributed by atoms with van der Waals surface area (Å²) >= 11 is 0. The van der Waals surface area contributed by atoms with E-state index in [0.29, 0.717) is 17.5 Å². The lowest BCUT2D eigenvalue weighted by Crippen LogP contribution is -2.03. The van der Waals surface area contributed by atoms with Gasteiger partial charge in [-0.2, -0.15) is 10.5 Å². The summed E-state index contributed by atoms with van der Waals surface area (Å²) in [6, 6.07) is 4.05. The molecule has 0 saturated carbocycles. The molecule has 15 heavy (non-hydrogen) atoms. The van der Waals surface area contributed by atoms with Crippen LogP contribution in [-0.2, 0) is 6.42 Å². The van der Waals surface area contributed by atoms with Gasteiger partial charge in [-0.3, -0.25) is 0 Å². The Morgan fingerprint density at radius 3 is 2.67 bits per heavy atom. The Morgan fingerprint density at radius 1 is 1.40 bits per heavy atom. The van der Waals surface area contributed by atoms with E-state index in [-0.39, 0.29) is 5.82 Å². The Balaban J connectivity index is 3.24. The van der Waals surface area contributed by atoms with Crippen LogP contribution in [0.2, 0.25) is 0 Å². The van der Waals surface area contributed by atoms with Crippen molar-refractivity contribution < 1.29 is 0 Å². The summed E-state index contributed by atoms with van der Waals surface area (Å²) in [7, 11) is 0. The highest BCUT2D eigenvalue weighted by Crippen LogP contribution is 2.19. The molecular weight excluding hydrogens is 188 g/mol. The summed E-state index contributed by atoms with van der Waals surface area (Å²) in [6.45, 7) is 2.06. The fourth-order valence-electron chi connectivity index (χ4n) is 1.40. The number of hydrogen-bond acceptors (Lipinski definition) is 4. The number of nitrogens with zero attached hydrogens (tertiary/aromatic N) is 3. The van der Waals surface area contributed by atoms with Gasteiger partial charge >= 0.3 is 0 Å². The molecule has 0 aliphatic rings. The SMILES string of the molecule is CCCCc1c(C#N)cnc(N)c1C#N. The first-order valence-corrected chi connectivity index (χ1v) is 4.82. The van der Waals surface area contributed by atoms with E-state index in [0.717, 1.165) is 18.4 Å². The van der Waals surface area contributed by atoms with Crippen molar-refractivity contribution in [3.8, 4) is 12.1 Å². The first-order chi connectivity index (χ1) is 7.24. The van der Waals surface area contributed by atoms with Gasteiger partial charge in [-0.15, -0.1) is 0 Å². The third-order valence-electron chi connectivity index (χ3n) is 2.23. The predicted molar refractivity (Wildman–Crippen MR) is 56.7 cm³/mol. The van der Waals surface area contributed by atoms with Gasteiger partial charge < -0.3 is 5.73 Å². The van der Waals surface area contributed by atoms with Crippen LogP contribution in [0.5, 0.6) is 0 Å². The average Bonchev–Trinajstić information content (AvgIpc) is 2.26. The number of hydrogen-bond donors (Lipinski definition) is 1. The molecule has 1 aromatic heterocycles. The van der Waals surface area contributed by atoms with Crippen molar-refractivity contribution in [2.45, 2.75) is 26.2 Å². The second-order valence-electron chi connectivity index (χ2n) is 3.24. The average molecular weight is 200 g/mol. The van der Waals surface area contributed by atoms with E-state index in [2.05, 4.69) is 11.9 Å². The smallest absolute Gasteiger partial charge is 0.141 e. The van der Waals surface area contributed by atoms with Crippen molar-refractivity contribution >= 4 is 5.82 Å². The van der Waals surface area contributed by atoms with E-state index in [1.165, 1.54) is 6.20 Å². The molecule has 1 heterocycles. The zero-order valence-corrected chi connectivity index (χ0v) is 8.62. The zero-order chi connectivity index (χ0) is 11.3. The van der Waals surface area contributed by atoms with Crippen LogP contribution in [0.15, 0.2) is 6.20 Å². The fourth-order valence-corrected chi connectivity index (χ4v) is 1.40. The maximum Gasteiger partial charge on any atom is 0.141 e. The number of pyridine rings is 1. The van der Waals surface area contributed by atoms with Gasteiger partial charge in [0, 0.05) is 6.20 Å². The lowest BCUT2D eigenvalue weighted by Gasteiger charge is -2.06. The minimum atomic E-state index is 0.211. The van der Waals surface area contributed by atoms with Crippen LogP contribution >= 0.6 is 0 Å². The second-order valence-corrected chi connectivity index (χ2v) is 3.24. The highest BCUT2D eigenvalue weighted by Gasteiger charge is 2.11. The first kappa shape index (κ1) is 11.0. The molecule has 4 nitrogen and oxygen atoms in total. The van der Waals surface area contributed by atoms with Crippen LogP contribution in [0.25, 0.3) is 0 Å². The maximum absolute atomic E-state index is 8.94. The molecule has 0 aliphatic carbocycles. The lowest BCUT2D eigenvalue weighted by atomic mass is 9.99. The summed E-state index contributed by atoms with van der Waals surface area (Å²) in [5.41, 5.74) is 7.12. The van der Waals surface area contributed by atoms with Crippen molar-refractivity contribution in [3.63, 3.8) is 0 Å². The molecule has 76 valence electrons. The second kappa shape index (κ2) is 4.97. The fraction of sp³-hybridized carbons (Fsp3) is 0.364. The van der Waals surface area contributed by atoms with Gasteiger partial charge in [-0.1, -0.05) is 13.3 Å². The molecule has 4 heteroatoms. The molecule has 1 aromatic rings. The molecule has 0 spiro atoms. The molecule has 0 atom stereocenters. The molecule has 1 rings (SSSR count). The maximum atomic E-state index is 8.94. The van der Waals surface area contributed by atoms with Crippen LogP contribution in [0, 0.1) is 22.7 Å². The van der Waals surface area contributed by atoms with Crippen LogP contribution < -0.4 is 5.73 Å². The number of nitriles is 2.